The quantitative estimate of drug-likeness (QED) is 0.556. The summed E-state index contributed by atoms with van der Waals surface area (Å²) in [5.41, 5.74) is 0. The predicted molar refractivity (Wildman–Crippen MR) is 38.3 cm³/mol. The van der Waals surface area contributed by atoms with Crippen LogP contribution in [0.25, 0.3) is 0 Å². The Balaban J connectivity index is 1.81. The first-order chi connectivity index (χ1) is 4.90. The van der Waals surface area contributed by atoms with Crippen molar-refractivity contribution in [2.24, 2.45) is 5.90 Å². The SMILES string of the molecule is NOC1CCN(C2CC2)C1. The molecule has 3 nitrogen and oxygen atoms in total. The summed E-state index contributed by atoms with van der Waals surface area (Å²) in [6, 6.07) is 0.875. The van der Waals surface area contributed by atoms with Crippen LogP contribution in [0.3, 0.4) is 0 Å². The van der Waals surface area contributed by atoms with E-state index in [-0.39, 0.29) is 0 Å². The highest BCUT2D eigenvalue weighted by Crippen LogP contribution is 2.30. The van der Waals surface area contributed by atoms with Crippen molar-refractivity contribution in [3.63, 3.8) is 0 Å². The Labute approximate surface area is 61.1 Å². The van der Waals surface area contributed by atoms with Crippen molar-refractivity contribution in [2.75, 3.05) is 13.1 Å². The third kappa shape index (κ3) is 1.17. The van der Waals surface area contributed by atoms with Gasteiger partial charge in [-0.1, -0.05) is 0 Å². The fourth-order valence-corrected chi connectivity index (χ4v) is 1.64. The normalized spacial score (nSPS) is 35.1. The Bertz CT molecular complexity index is 125. The van der Waals surface area contributed by atoms with E-state index in [2.05, 4.69) is 4.90 Å². The highest BCUT2D eigenvalue weighted by molar-refractivity contribution is 4.89. The number of hydrogen-bond donors (Lipinski definition) is 1. The maximum Gasteiger partial charge on any atom is 0.0926 e. The van der Waals surface area contributed by atoms with E-state index in [1.807, 2.05) is 0 Å². The van der Waals surface area contributed by atoms with Gasteiger partial charge in [0.05, 0.1) is 6.10 Å². The molecule has 2 N–H and O–H groups in total. The van der Waals surface area contributed by atoms with Crippen molar-refractivity contribution >= 4 is 0 Å². The number of hydrogen-bond acceptors (Lipinski definition) is 3. The minimum atomic E-state index is 0.306. The van der Waals surface area contributed by atoms with Gasteiger partial charge in [-0.25, -0.2) is 5.90 Å². The molecule has 10 heavy (non-hydrogen) atoms. The van der Waals surface area contributed by atoms with Gasteiger partial charge in [-0.15, -0.1) is 0 Å². The Hall–Kier alpha value is -0.120. The van der Waals surface area contributed by atoms with Gasteiger partial charge in [0, 0.05) is 19.1 Å². The Morgan fingerprint density at radius 2 is 2.10 bits per heavy atom. The standard InChI is InChI=1S/C7H14N2O/c8-10-7-3-4-9(5-7)6-1-2-6/h6-7H,1-5,8H2. The first-order valence-electron chi connectivity index (χ1n) is 4.00. The molecule has 0 radical (unpaired) electrons. The molecule has 1 saturated carbocycles. The summed E-state index contributed by atoms with van der Waals surface area (Å²) in [7, 11) is 0. The molecule has 1 heterocycles. The minimum Gasteiger partial charge on any atom is -0.300 e. The molecule has 1 aliphatic heterocycles. The third-order valence-electron chi connectivity index (χ3n) is 2.43. The molecule has 0 spiro atoms. The topological polar surface area (TPSA) is 38.5 Å². The van der Waals surface area contributed by atoms with Crippen LogP contribution in [0.15, 0.2) is 0 Å². The summed E-state index contributed by atoms with van der Waals surface area (Å²) in [5.74, 6) is 5.09. The molecule has 0 amide bonds. The minimum absolute atomic E-state index is 0.306. The molecule has 0 aromatic carbocycles. The molecular formula is C7H14N2O. The summed E-state index contributed by atoms with van der Waals surface area (Å²) in [6.45, 7) is 2.24. The molecule has 0 aromatic heterocycles. The van der Waals surface area contributed by atoms with Crippen LogP contribution in [0.4, 0.5) is 0 Å². The first kappa shape index (κ1) is 6.58. The van der Waals surface area contributed by atoms with Gasteiger partial charge in [0.25, 0.3) is 0 Å². The van der Waals surface area contributed by atoms with E-state index in [9.17, 15) is 0 Å². The van der Waals surface area contributed by atoms with Crippen molar-refractivity contribution in [3.05, 3.63) is 0 Å². The molecule has 1 aliphatic carbocycles. The fourth-order valence-electron chi connectivity index (χ4n) is 1.64. The van der Waals surface area contributed by atoms with Gasteiger partial charge in [0.1, 0.15) is 0 Å². The second-order valence-corrected chi connectivity index (χ2v) is 3.27. The summed E-state index contributed by atoms with van der Waals surface area (Å²) >= 11 is 0. The molecule has 1 unspecified atom stereocenters. The lowest BCUT2D eigenvalue weighted by Gasteiger charge is -2.12. The largest absolute Gasteiger partial charge is 0.300 e. The molecule has 1 atom stereocenters. The van der Waals surface area contributed by atoms with Crippen molar-refractivity contribution in [1.82, 2.24) is 4.90 Å². The van der Waals surface area contributed by atoms with Crippen LogP contribution in [-0.2, 0) is 4.84 Å². The lowest BCUT2D eigenvalue weighted by Crippen LogP contribution is -2.26. The zero-order valence-electron chi connectivity index (χ0n) is 6.12. The molecule has 0 bridgehead atoms. The van der Waals surface area contributed by atoms with Crippen LogP contribution in [0.5, 0.6) is 0 Å². The van der Waals surface area contributed by atoms with E-state index >= 15 is 0 Å². The average Bonchev–Trinajstić information content (AvgIpc) is 2.70. The van der Waals surface area contributed by atoms with Gasteiger partial charge in [-0.3, -0.25) is 9.74 Å². The van der Waals surface area contributed by atoms with E-state index in [1.54, 1.807) is 0 Å². The average molecular weight is 142 g/mol. The lowest BCUT2D eigenvalue weighted by molar-refractivity contribution is 0.0588. The first-order valence-corrected chi connectivity index (χ1v) is 4.00. The van der Waals surface area contributed by atoms with Crippen LogP contribution in [0.1, 0.15) is 19.3 Å². The zero-order chi connectivity index (χ0) is 6.97. The summed E-state index contributed by atoms with van der Waals surface area (Å²) in [4.78, 5) is 7.26. The smallest absolute Gasteiger partial charge is 0.0926 e. The van der Waals surface area contributed by atoms with Gasteiger partial charge < -0.3 is 0 Å². The molecule has 3 heteroatoms. The van der Waals surface area contributed by atoms with Crippen LogP contribution in [-0.4, -0.2) is 30.1 Å². The van der Waals surface area contributed by atoms with Gasteiger partial charge in [-0.05, 0) is 19.3 Å². The van der Waals surface area contributed by atoms with Crippen LogP contribution in [0, 0.1) is 0 Å². The van der Waals surface area contributed by atoms with Crippen molar-refractivity contribution in [1.29, 1.82) is 0 Å². The highest BCUT2D eigenvalue weighted by atomic mass is 16.6. The van der Waals surface area contributed by atoms with E-state index < -0.39 is 0 Å². The molecule has 2 fully saturated rings. The second kappa shape index (κ2) is 2.49. The van der Waals surface area contributed by atoms with Gasteiger partial charge in [-0.2, -0.15) is 0 Å². The zero-order valence-corrected chi connectivity index (χ0v) is 6.12. The van der Waals surface area contributed by atoms with Crippen molar-refractivity contribution in [2.45, 2.75) is 31.4 Å². The monoisotopic (exact) mass is 142 g/mol. The third-order valence-corrected chi connectivity index (χ3v) is 2.43. The van der Waals surface area contributed by atoms with Crippen molar-refractivity contribution < 1.29 is 4.84 Å². The number of nitrogens with two attached hydrogens (primary N) is 1. The summed E-state index contributed by atoms with van der Waals surface area (Å²) in [5, 5.41) is 0. The van der Waals surface area contributed by atoms with E-state index in [1.165, 1.54) is 19.4 Å². The number of rotatable bonds is 2. The molecule has 2 aliphatic rings. The Kier molecular flexibility index (Phi) is 1.64. The van der Waals surface area contributed by atoms with E-state index in [0.29, 0.717) is 6.10 Å². The lowest BCUT2D eigenvalue weighted by atomic mass is 10.3. The summed E-state index contributed by atoms with van der Waals surface area (Å²) in [6.07, 6.45) is 4.20. The van der Waals surface area contributed by atoms with Gasteiger partial charge in [0.2, 0.25) is 0 Å². The van der Waals surface area contributed by atoms with Crippen molar-refractivity contribution in [3.8, 4) is 0 Å². The molecule has 1 saturated heterocycles. The van der Waals surface area contributed by atoms with Crippen LogP contribution < -0.4 is 5.90 Å². The molecule has 0 aromatic rings. The number of likely N-dealkylation sites (tertiary alicyclic amines) is 1. The predicted octanol–water partition coefficient (Wildman–Crippen LogP) is 0.113. The van der Waals surface area contributed by atoms with E-state index in [0.717, 1.165) is 19.0 Å². The molecular weight excluding hydrogens is 128 g/mol. The number of nitrogens with zero attached hydrogens (tertiary/aromatic N) is 1. The van der Waals surface area contributed by atoms with E-state index in [4.69, 9.17) is 10.7 Å². The molecule has 58 valence electrons. The second-order valence-electron chi connectivity index (χ2n) is 3.27. The van der Waals surface area contributed by atoms with Crippen LogP contribution >= 0.6 is 0 Å². The van der Waals surface area contributed by atoms with Gasteiger partial charge in [0.15, 0.2) is 0 Å². The van der Waals surface area contributed by atoms with Gasteiger partial charge >= 0.3 is 0 Å². The maximum atomic E-state index is 5.09. The fraction of sp³-hybridized carbons (Fsp3) is 1.00. The van der Waals surface area contributed by atoms with Crippen LogP contribution in [0.2, 0.25) is 0 Å². The maximum absolute atomic E-state index is 5.09. The highest BCUT2D eigenvalue weighted by Gasteiger charge is 2.34. The molecule has 2 rings (SSSR count). The Morgan fingerprint density at radius 3 is 2.60 bits per heavy atom. The summed E-state index contributed by atoms with van der Waals surface area (Å²) < 4.78 is 0. The Morgan fingerprint density at radius 1 is 1.30 bits per heavy atom.